The molecule has 0 radical (unpaired) electrons. The topological polar surface area (TPSA) is 4.93 Å². The number of aryl methyl sites for hydroxylation is 2. The van der Waals surface area contributed by atoms with Gasteiger partial charge >= 0.3 is 0 Å². The highest BCUT2D eigenvalue weighted by Crippen LogP contribution is 2.34. The van der Waals surface area contributed by atoms with Crippen LogP contribution >= 0.6 is 0 Å². The van der Waals surface area contributed by atoms with E-state index in [0.29, 0.717) is 0 Å². The Hall–Kier alpha value is -1.76. The Morgan fingerprint density at radius 3 is 2.75 bits per heavy atom. The van der Waals surface area contributed by atoms with Crippen molar-refractivity contribution in [2.45, 2.75) is 19.4 Å². The molecule has 2 aromatic carbocycles. The van der Waals surface area contributed by atoms with Crippen LogP contribution in [0, 0.1) is 0 Å². The summed E-state index contributed by atoms with van der Waals surface area (Å²) in [6.07, 6.45) is 2.50. The van der Waals surface area contributed by atoms with Crippen molar-refractivity contribution in [1.82, 2.24) is 4.57 Å². The van der Waals surface area contributed by atoms with E-state index in [0.717, 1.165) is 0 Å². The maximum atomic E-state index is 2.49. The van der Waals surface area contributed by atoms with Crippen LogP contribution in [0.25, 0.3) is 21.8 Å². The van der Waals surface area contributed by atoms with E-state index < -0.39 is 0 Å². The summed E-state index contributed by atoms with van der Waals surface area (Å²) in [5, 5.41) is 2.83. The minimum absolute atomic E-state index is 1.17. The largest absolute Gasteiger partial charge is 0.340 e. The lowest BCUT2D eigenvalue weighted by atomic mass is 10.0. The van der Waals surface area contributed by atoms with Gasteiger partial charge in [-0.3, -0.25) is 0 Å². The molecule has 3 aromatic rings. The molecule has 16 heavy (non-hydrogen) atoms. The van der Waals surface area contributed by atoms with Crippen molar-refractivity contribution in [2.24, 2.45) is 0 Å². The molecule has 0 fully saturated rings. The molecule has 0 aliphatic carbocycles. The van der Waals surface area contributed by atoms with E-state index in [1.54, 1.807) is 0 Å². The summed E-state index contributed by atoms with van der Waals surface area (Å²) in [7, 11) is 0. The van der Waals surface area contributed by atoms with E-state index in [1.165, 1.54) is 46.8 Å². The van der Waals surface area contributed by atoms with Crippen LogP contribution in [0.5, 0.6) is 0 Å². The lowest BCUT2D eigenvalue weighted by Gasteiger charge is -2.15. The number of benzene rings is 2. The minimum atomic E-state index is 1.17. The Bertz CT molecular complexity index is 691. The fraction of sp³-hybridized carbons (Fsp3) is 0.200. The zero-order valence-corrected chi connectivity index (χ0v) is 9.11. The normalized spacial score (nSPS) is 14.8. The summed E-state index contributed by atoms with van der Waals surface area (Å²) in [4.78, 5) is 0. The molecular weight excluding hydrogens is 194 g/mol. The summed E-state index contributed by atoms with van der Waals surface area (Å²) in [5.74, 6) is 0. The number of rotatable bonds is 0. The van der Waals surface area contributed by atoms with Gasteiger partial charge in [-0.15, -0.1) is 0 Å². The Balaban J connectivity index is 2.36. The summed E-state index contributed by atoms with van der Waals surface area (Å²) < 4.78 is 2.49. The quantitative estimate of drug-likeness (QED) is 0.529. The van der Waals surface area contributed by atoms with Crippen LogP contribution in [0.15, 0.2) is 42.5 Å². The Kier molecular flexibility index (Phi) is 1.51. The molecule has 0 unspecified atom stereocenters. The van der Waals surface area contributed by atoms with Crippen molar-refractivity contribution in [2.75, 3.05) is 0 Å². The standard InChI is InChI=1S/C15H13N/c1-2-9-14-12(7-1)13-8-3-5-11-6-4-10-16(14)15(11)13/h1-3,5,7-9H,4,6,10H2. The molecule has 0 spiro atoms. The van der Waals surface area contributed by atoms with Gasteiger partial charge in [0.05, 0.1) is 5.52 Å². The van der Waals surface area contributed by atoms with Crippen molar-refractivity contribution in [3.63, 3.8) is 0 Å². The van der Waals surface area contributed by atoms with Crippen LogP contribution in [0.2, 0.25) is 0 Å². The van der Waals surface area contributed by atoms with Crippen LogP contribution in [0.4, 0.5) is 0 Å². The van der Waals surface area contributed by atoms with Crippen LogP contribution in [0.3, 0.4) is 0 Å². The van der Waals surface area contributed by atoms with Gasteiger partial charge < -0.3 is 4.57 Å². The number of fused-ring (bicyclic) bond motifs is 3. The van der Waals surface area contributed by atoms with Crippen molar-refractivity contribution >= 4 is 21.8 Å². The van der Waals surface area contributed by atoms with E-state index in [1.807, 2.05) is 0 Å². The van der Waals surface area contributed by atoms with Crippen LogP contribution in [0.1, 0.15) is 12.0 Å². The smallest absolute Gasteiger partial charge is 0.0523 e. The highest BCUT2D eigenvalue weighted by atomic mass is 15.0. The van der Waals surface area contributed by atoms with Crippen molar-refractivity contribution in [3.8, 4) is 0 Å². The summed E-state index contributed by atoms with van der Waals surface area (Å²) in [6.45, 7) is 1.17. The summed E-state index contributed by atoms with van der Waals surface area (Å²) >= 11 is 0. The molecule has 0 atom stereocenters. The van der Waals surface area contributed by atoms with E-state index in [4.69, 9.17) is 0 Å². The molecule has 1 aliphatic heterocycles. The molecule has 0 saturated carbocycles. The second-order valence-electron chi connectivity index (χ2n) is 4.59. The number of hydrogen-bond acceptors (Lipinski definition) is 0. The van der Waals surface area contributed by atoms with Crippen LogP contribution in [-0.4, -0.2) is 4.57 Å². The molecule has 1 aromatic heterocycles. The molecule has 0 bridgehead atoms. The first-order valence-electron chi connectivity index (χ1n) is 5.94. The van der Waals surface area contributed by atoms with E-state index >= 15 is 0 Å². The lowest BCUT2D eigenvalue weighted by Crippen LogP contribution is -2.06. The maximum absolute atomic E-state index is 2.49. The first-order chi connectivity index (χ1) is 7.95. The molecular formula is C15H13N. The van der Waals surface area contributed by atoms with Gasteiger partial charge in [0.15, 0.2) is 0 Å². The molecule has 1 heteroatoms. The van der Waals surface area contributed by atoms with Crippen LogP contribution < -0.4 is 0 Å². The number of hydrogen-bond donors (Lipinski definition) is 0. The van der Waals surface area contributed by atoms with E-state index in [2.05, 4.69) is 47.0 Å². The van der Waals surface area contributed by atoms with Gasteiger partial charge in [-0.2, -0.15) is 0 Å². The van der Waals surface area contributed by atoms with Gasteiger partial charge in [0.25, 0.3) is 0 Å². The molecule has 78 valence electrons. The highest BCUT2D eigenvalue weighted by Gasteiger charge is 2.16. The minimum Gasteiger partial charge on any atom is -0.340 e. The molecule has 0 N–H and O–H groups in total. The van der Waals surface area contributed by atoms with Gasteiger partial charge in [-0.25, -0.2) is 0 Å². The summed E-state index contributed by atoms with van der Waals surface area (Å²) in [5.41, 5.74) is 4.37. The molecule has 1 nitrogen and oxygen atoms in total. The number of para-hydroxylation sites is 2. The molecule has 4 rings (SSSR count). The lowest BCUT2D eigenvalue weighted by molar-refractivity contribution is 0.651. The van der Waals surface area contributed by atoms with Gasteiger partial charge in [-0.05, 0) is 24.5 Å². The first-order valence-corrected chi connectivity index (χ1v) is 5.94. The van der Waals surface area contributed by atoms with Gasteiger partial charge in [0.2, 0.25) is 0 Å². The predicted octanol–water partition coefficient (Wildman–Crippen LogP) is 3.74. The highest BCUT2D eigenvalue weighted by molar-refractivity contribution is 6.09. The second kappa shape index (κ2) is 2.88. The molecule has 0 amide bonds. The number of nitrogens with zero attached hydrogens (tertiary/aromatic N) is 1. The maximum Gasteiger partial charge on any atom is 0.0523 e. The second-order valence-corrected chi connectivity index (χ2v) is 4.59. The van der Waals surface area contributed by atoms with Gasteiger partial charge in [-0.1, -0.05) is 36.4 Å². The van der Waals surface area contributed by atoms with E-state index in [-0.39, 0.29) is 0 Å². The Morgan fingerprint density at radius 1 is 0.875 bits per heavy atom. The zero-order chi connectivity index (χ0) is 10.5. The van der Waals surface area contributed by atoms with Gasteiger partial charge in [0.1, 0.15) is 0 Å². The fourth-order valence-corrected chi connectivity index (χ4v) is 3.05. The number of aromatic nitrogens is 1. The summed E-state index contributed by atoms with van der Waals surface area (Å²) in [6, 6.07) is 15.5. The fourth-order valence-electron chi connectivity index (χ4n) is 3.05. The molecule has 0 saturated heterocycles. The van der Waals surface area contributed by atoms with Crippen molar-refractivity contribution in [3.05, 3.63) is 48.0 Å². The average molecular weight is 207 g/mol. The third kappa shape index (κ3) is 0.909. The van der Waals surface area contributed by atoms with Crippen LogP contribution in [-0.2, 0) is 13.0 Å². The Morgan fingerprint density at radius 2 is 1.75 bits per heavy atom. The van der Waals surface area contributed by atoms with Crippen molar-refractivity contribution in [1.29, 1.82) is 0 Å². The van der Waals surface area contributed by atoms with Gasteiger partial charge in [0, 0.05) is 22.8 Å². The Labute approximate surface area is 94.3 Å². The average Bonchev–Trinajstić information content (AvgIpc) is 2.68. The zero-order valence-electron chi connectivity index (χ0n) is 9.11. The van der Waals surface area contributed by atoms with Crippen molar-refractivity contribution < 1.29 is 0 Å². The molecule has 2 heterocycles. The third-order valence-electron chi connectivity index (χ3n) is 3.70. The first kappa shape index (κ1) is 8.40. The molecule has 1 aliphatic rings. The van der Waals surface area contributed by atoms with E-state index in [9.17, 15) is 0 Å². The SMILES string of the molecule is c1ccc2c(c1)c1cccc3c1n2CCC3. The monoisotopic (exact) mass is 207 g/mol. The third-order valence-corrected chi connectivity index (χ3v) is 3.70. The predicted molar refractivity (Wildman–Crippen MR) is 67.8 cm³/mol.